The number of halogens is 3. The topological polar surface area (TPSA) is 38.3 Å². The van der Waals surface area contributed by atoms with Gasteiger partial charge in [-0.3, -0.25) is 4.79 Å². The lowest BCUT2D eigenvalue weighted by atomic mass is 10.1. The van der Waals surface area contributed by atoms with Crippen LogP contribution in [-0.2, 0) is 9.53 Å². The summed E-state index contributed by atoms with van der Waals surface area (Å²) < 4.78 is 44.0. The minimum atomic E-state index is -1.62. The van der Waals surface area contributed by atoms with Gasteiger partial charge in [0.05, 0.1) is 18.6 Å². The molecule has 0 unspecified atom stereocenters. The zero-order valence-corrected chi connectivity index (χ0v) is 9.89. The minimum Gasteiger partial charge on any atom is -0.501 e. The summed E-state index contributed by atoms with van der Waals surface area (Å²) in [5.74, 6) is -5.04. The fraction of sp³-hybridized carbons (Fsp3) is 0.250. The normalized spacial score (nSPS) is 10.7. The Labute approximate surface area is 102 Å². The van der Waals surface area contributed by atoms with E-state index in [9.17, 15) is 18.0 Å². The summed E-state index contributed by atoms with van der Waals surface area (Å²) in [7, 11) is 0. The fourth-order valence-corrected chi connectivity index (χ4v) is 1.24. The summed E-state index contributed by atoms with van der Waals surface area (Å²) in [6, 6.07) is 0.806. The van der Waals surface area contributed by atoms with Gasteiger partial charge in [-0.15, -0.1) is 0 Å². The first-order valence-electron chi connectivity index (χ1n) is 5.20. The van der Waals surface area contributed by atoms with Crippen LogP contribution in [0.3, 0.4) is 0 Å². The van der Waals surface area contributed by atoms with E-state index in [1.165, 1.54) is 6.92 Å². The average molecular weight is 259 g/mol. The smallest absolute Gasteiger partial charge is 0.251 e. The molecule has 0 spiro atoms. The zero-order chi connectivity index (χ0) is 13.7. The molecule has 1 aromatic carbocycles. The number of nitrogens with one attached hydrogen (secondary N) is 1. The fourth-order valence-electron chi connectivity index (χ4n) is 1.24. The Hall–Kier alpha value is -1.98. The van der Waals surface area contributed by atoms with Crippen molar-refractivity contribution in [1.29, 1.82) is 0 Å². The molecule has 0 saturated carbocycles. The van der Waals surface area contributed by atoms with Gasteiger partial charge >= 0.3 is 0 Å². The molecular weight excluding hydrogens is 247 g/mol. The van der Waals surface area contributed by atoms with E-state index in [4.69, 9.17) is 4.74 Å². The molecule has 0 aliphatic carbocycles. The lowest BCUT2D eigenvalue weighted by molar-refractivity contribution is -0.112. The largest absolute Gasteiger partial charge is 0.501 e. The van der Waals surface area contributed by atoms with Crippen LogP contribution in [0.25, 0.3) is 0 Å². The Balaban J connectivity index is 2.91. The molecule has 0 fully saturated rings. The van der Waals surface area contributed by atoms with E-state index in [1.807, 2.05) is 0 Å². The van der Waals surface area contributed by atoms with Crippen molar-refractivity contribution in [3.8, 4) is 0 Å². The second-order valence-electron chi connectivity index (χ2n) is 3.43. The number of amides is 1. The Morgan fingerprint density at radius 3 is 2.67 bits per heavy atom. The van der Waals surface area contributed by atoms with Crippen molar-refractivity contribution in [2.45, 2.75) is 13.8 Å². The second-order valence-corrected chi connectivity index (χ2v) is 3.43. The Morgan fingerprint density at radius 1 is 1.39 bits per heavy atom. The molecule has 0 aliphatic heterocycles. The monoisotopic (exact) mass is 259 g/mol. The van der Waals surface area contributed by atoms with E-state index in [2.05, 4.69) is 5.32 Å². The molecule has 1 aromatic rings. The molecule has 6 heteroatoms. The van der Waals surface area contributed by atoms with E-state index >= 15 is 0 Å². The molecule has 1 N–H and O–H groups in total. The van der Waals surface area contributed by atoms with Crippen molar-refractivity contribution >= 4 is 11.6 Å². The van der Waals surface area contributed by atoms with E-state index in [0.29, 0.717) is 6.61 Å². The van der Waals surface area contributed by atoms with Gasteiger partial charge < -0.3 is 10.1 Å². The minimum absolute atomic E-state index is 0.0876. The molecule has 98 valence electrons. The third-order valence-corrected chi connectivity index (χ3v) is 2.09. The van der Waals surface area contributed by atoms with Gasteiger partial charge in [-0.2, -0.15) is 0 Å². The number of ether oxygens (including phenoxy) is 1. The molecule has 0 bridgehead atoms. The summed E-state index contributed by atoms with van der Waals surface area (Å²) in [4.78, 5) is 11.3. The van der Waals surface area contributed by atoms with E-state index in [1.54, 1.807) is 6.92 Å². The summed E-state index contributed by atoms with van der Waals surface area (Å²) >= 11 is 0. The molecule has 0 atom stereocenters. The van der Waals surface area contributed by atoms with Gasteiger partial charge in [0.2, 0.25) is 0 Å². The SMILES string of the molecule is CCO/C=C/C(=O)Nc1c(C)cc(F)c(F)c1F. The van der Waals surface area contributed by atoms with Crippen LogP contribution in [-0.4, -0.2) is 12.5 Å². The molecular formula is C12H12F3NO2. The number of benzene rings is 1. The molecule has 0 aromatic heterocycles. The number of hydrogen-bond donors (Lipinski definition) is 1. The van der Waals surface area contributed by atoms with E-state index < -0.39 is 23.4 Å². The predicted molar refractivity (Wildman–Crippen MR) is 60.4 cm³/mol. The van der Waals surface area contributed by atoms with Crippen LogP contribution in [0.4, 0.5) is 18.9 Å². The molecule has 1 rings (SSSR count). The highest BCUT2D eigenvalue weighted by atomic mass is 19.2. The maximum absolute atomic E-state index is 13.4. The first kappa shape index (κ1) is 14.1. The quantitative estimate of drug-likeness (QED) is 0.513. The Kier molecular flexibility index (Phi) is 4.76. The van der Waals surface area contributed by atoms with Gasteiger partial charge in [0.1, 0.15) is 0 Å². The van der Waals surface area contributed by atoms with Gasteiger partial charge in [0, 0.05) is 6.08 Å². The van der Waals surface area contributed by atoms with Crippen molar-refractivity contribution in [3.63, 3.8) is 0 Å². The van der Waals surface area contributed by atoms with Crippen LogP contribution in [0.5, 0.6) is 0 Å². The van der Waals surface area contributed by atoms with Crippen molar-refractivity contribution in [2.24, 2.45) is 0 Å². The highest BCUT2D eigenvalue weighted by Crippen LogP contribution is 2.24. The van der Waals surface area contributed by atoms with Crippen LogP contribution >= 0.6 is 0 Å². The molecule has 1 amide bonds. The van der Waals surface area contributed by atoms with Crippen LogP contribution in [0.1, 0.15) is 12.5 Å². The standard InChI is InChI=1S/C12H12F3NO2/c1-3-18-5-4-9(17)16-12-7(2)6-8(13)10(14)11(12)15/h4-6H,3H2,1-2H3,(H,16,17)/b5-4+. The molecule has 0 radical (unpaired) electrons. The van der Waals surface area contributed by atoms with Gasteiger partial charge in [0.25, 0.3) is 5.91 Å². The highest BCUT2D eigenvalue weighted by Gasteiger charge is 2.17. The maximum atomic E-state index is 13.4. The van der Waals surface area contributed by atoms with Crippen LogP contribution in [0.2, 0.25) is 0 Å². The lowest BCUT2D eigenvalue weighted by Crippen LogP contribution is -2.12. The molecule has 0 saturated heterocycles. The number of rotatable bonds is 4. The number of hydrogen-bond acceptors (Lipinski definition) is 2. The molecule has 0 heterocycles. The lowest BCUT2D eigenvalue weighted by Gasteiger charge is -2.09. The van der Waals surface area contributed by atoms with Crippen molar-refractivity contribution in [1.82, 2.24) is 0 Å². The number of anilines is 1. The first-order valence-corrected chi connectivity index (χ1v) is 5.20. The summed E-state index contributed by atoms with van der Waals surface area (Å²) in [6.45, 7) is 3.46. The summed E-state index contributed by atoms with van der Waals surface area (Å²) in [6.07, 6.45) is 2.14. The second kappa shape index (κ2) is 6.09. The third kappa shape index (κ3) is 3.26. The van der Waals surface area contributed by atoms with Gasteiger partial charge in [-0.05, 0) is 25.5 Å². The molecule has 18 heavy (non-hydrogen) atoms. The number of aryl methyl sites for hydroxylation is 1. The van der Waals surface area contributed by atoms with Gasteiger partial charge in [-0.25, -0.2) is 13.2 Å². The Morgan fingerprint density at radius 2 is 2.06 bits per heavy atom. The highest BCUT2D eigenvalue weighted by molar-refractivity contribution is 5.99. The predicted octanol–water partition coefficient (Wildman–Crippen LogP) is 2.90. The van der Waals surface area contributed by atoms with Gasteiger partial charge in [-0.1, -0.05) is 0 Å². The first-order chi connectivity index (χ1) is 8.47. The Bertz CT molecular complexity index is 487. The van der Waals surface area contributed by atoms with E-state index in [-0.39, 0.29) is 11.3 Å². The zero-order valence-electron chi connectivity index (χ0n) is 9.89. The third-order valence-electron chi connectivity index (χ3n) is 2.09. The maximum Gasteiger partial charge on any atom is 0.251 e. The van der Waals surface area contributed by atoms with Crippen LogP contribution < -0.4 is 5.32 Å². The average Bonchev–Trinajstić information content (AvgIpc) is 2.32. The summed E-state index contributed by atoms with van der Waals surface area (Å²) in [5.41, 5.74) is -0.301. The van der Waals surface area contributed by atoms with Gasteiger partial charge in [0.15, 0.2) is 17.5 Å². The van der Waals surface area contributed by atoms with Crippen LogP contribution in [0, 0.1) is 24.4 Å². The number of carbonyl (C=O) groups excluding carboxylic acids is 1. The van der Waals surface area contributed by atoms with Crippen molar-refractivity contribution < 1.29 is 22.7 Å². The summed E-state index contributed by atoms with van der Waals surface area (Å²) in [5, 5.41) is 2.12. The number of carbonyl (C=O) groups is 1. The van der Waals surface area contributed by atoms with Crippen molar-refractivity contribution in [2.75, 3.05) is 11.9 Å². The van der Waals surface area contributed by atoms with E-state index in [0.717, 1.165) is 18.4 Å². The van der Waals surface area contributed by atoms with Crippen molar-refractivity contribution in [3.05, 3.63) is 41.4 Å². The molecule has 3 nitrogen and oxygen atoms in total. The molecule has 0 aliphatic rings. The van der Waals surface area contributed by atoms with Crippen LogP contribution in [0.15, 0.2) is 18.4 Å².